The van der Waals surface area contributed by atoms with Crippen LogP contribution >= 0.6 is 0 Å². The second-order valence-corrected chi connectivity index (χ2v) is 13.4. The lowest BCUT2D eigenvalue weighted by atomic mass is 9.81. The fourth-order valence-corrected chi connectivity index (χ4v) is 6.42. The Morgan fingerprint density at radius 1 is 0.833 bits per heavy atom. The Labute approximate surface area is 148 Å². The summed E-state index contributed by atoms with van der Waals surface area (Å²) < 4.78 is 0. The Hall–Kier alpha value is -1.38. The Balaban J connectivity index is 2.57. The highest BCUT2D eigenvalue weighted by Crippen LogP contribution is 2.43. The van der Waals surface area contributed by atoms with Crippen LogP contribution in [0.3, 0.4) is 0 Å². The van der Waals surface area contributed by atoms with Crippen LogP contribution in [0.5, 0.6) is 0 Å². The Bertz CT molecular complexity index is 603. The van der Waals surface area contributed by atoms with Crippen LogP contribution in [-0.4, -0.2) is 19.3 Å². The van der Waals surface area contributed by atoms with Gasteiger partial charge in [0.25, 0.3) is 0 Å². The molecule has 0 radical (unpaired) electrons. The summed E-state index contributed by atoms with van der Waals surface area (Å²) in [7, 11) is -1.55. The lowest BCUT2D eigenvalue weighted by Crippen LogP contribution is -2.41. The SMILES string of the molecule is CCC(C)C(O)C(c1ccccc1)C(c1ccccc1)[Si](C)(C)C. The van der Waals surface area contributed by atoms with Gasteiger partial charge in [-0.15, -0.1) is 0 Å². The molecule has 0 aliphatic heterocycles. The van der Waals surface area contributed by atoms with E-state index < -0.39 is 8.07 Å². The zero-order chi connectivity index (χ0) is 17.7. The highest BCUT2D eigenvalue weighted by Gasteiger charge is 2.40. The van der Waals surface area contributed by atoms with Gasteiger partial charge in [-0.25, -0.2) is 0 Å². The van der Waals surface area contributed by atoms with Gasteiger partial charge in [-0.3, -0.25) is 0 Å². The summed E-state index contributed by atoms with van der Waals surface area (Å²) in [5.41, 5.74) is 3.03. The molecular weight excluding hydrogens is 308 g/mol. The second-order valence-electron chi connectivity index (χ2n) is 8.07. The molecule has 2 aromatic carbocycles. The number of hydrogen-bond acceptors (Lipinski definition) is 1. The predicted molar refractivity (Wildman–Crippen MR) is 107 cm³/mol. The first kappa shape index (κ1) is 18.9. The van der Waals surface area contributed by atoms with Crippen LogP contribution in [0.4, 0.5) is 0 Å². The van der Waals surface area contributed by atoms with Crippen molar-refractivity contribution in [3.05, 3.63) is 71.8 Å². The topological polar surface area (TPSA) is 20.2 Å². The molecule has 2 aromatic rings. The van der Waals surface area contributed by atoms with E-state index in [9.17, 15) is 5.11 Å². The summed E-state index contributed by atoms with van der Waals surface area (Å²) in [5, 5.41) is 11.2. The minimum absolute atomic E-state index is 0.148. The van der Waals surface area contributed by atoms with Crippen LogP contribution in [0.15, 0.2) is 60.7 Å². The Morgan fingerprint density at radius 3 is 1.71 bits per heavy atom. The number of rotatable bonds is 7. The molecule has 0 heterocycles. The minimum Gasteiger partial charge on any atom is -0.392 e. The number of hydrogen-bond donors (Lipinski definition) is 1. The van der Waals surface area contributed by atoms with Crippen molar-refractivity contribution in [1.29, 1.82) is 0 Å². The molecule has 0 saturated carbocycles. The molecule has 2 rings (SSSR count). The molecule has 0 aliphatic carbocycles. The van der Waals surface area contributed by atoms with E-state index in [0.29, 0.717) is 5.54 Å². The maximum Gasteiger partial charge on any atom is 0.0637 e. The number of aliphatic hydroxyl groups is 1. The molecule has 0 aliphatic rings. The largest absolute Gasteiger partial charge is 0.392 e. The third-order valence-corrected chi connectivity index (χ3v) is 7.79. The number of aliphatic hydroxyl groups excluding tert-OH is 1. The highest BCUT2D eigenvalue weighted by molar-refractivity contribution is 6.77. The fraction of sp³-hybridized carbons (Fsp3) is 0.455. The standard InChI is InChI=1S/C22H32OSi/c1-6-17(2)21(23)20(18-13-9-7-10-14-18)22(24(3,4)5)19-15-11-8-12-16-19/h7-17,20-23H,6H2,1-5H3. The molecular formula is C22H32OSi. The van der Waals surface area contributed by atoms with Crippen molar-refractivity contribution in [3.8, 4) is 0 Å². The molecule has 130 valence electrons. The summed E-state index contributed by atoms with van der Waals surface area (Å²) in [6, 6.07) is 21.4. The van der Waals surface area contributed by atoms with Crippen molar-refractivity contribution < 1.29 is 5.11 Å². The number of benzene rings is 2. The first-order chi connectivity index (χ1) is 11.4. The van der Waals surface area contributed by atoms with Gasteiger partial charge in [0.2, 0.25) is 0 Å². The first-order valence-corrected chi connectivity index (χ1v) is 12.7. The zero-order valence-corrected chi connectivity index (χ0v) is 16.7. The Kier molecular flexibility index (Phi) is 6.42. The lowest BCUT2D eigenvalue weighted by Gasteiger charge is -2.41. The van der Waals surface area contributed by atoms with Crippen molar-refractivity contribution in [3.63, 3.8) is 0 Å². The van der Waals surface area contributed by atoms with E-state index in [2.05, 4.69) is 94.2 Å². The molecule has 24 heavy (non-hydrogen) atoms. The van der Waals surface area contributed by atoms with Crippen molar-refractivity contribution in [2.45, 2.75) is 57.5 Å². The lowest BCUT2D eigenvalue weighted by molar-refractivity contribution is 0.0831. The molecule has 0 bridgehead atoms. The van der Waals surface area contributed by atoms with Gasteiger partial charge in [0.05, 0.1) is 14.2 Å². The van der Waals surface area contributed by atoms with Gasteiger partial charge in [0.1, 0.15) is 0 Å². The normalized spacial score (nSPS) is 17.1. The van der Waals surface area contributed by atoms with Gasteiger partial charge in [0.15, 0.2) is 0 Å². The third kappa shape index (κ3) is 4.37. The van der Waals surface area contributed by atoms with Gasteiger partial charge in [-0.1, -0.05) is 101 Å². The predicted octanol–water partition coefficient (Wildman–Crippen LogP) is 5.84. The Morgan fingerprint density at radius 2 is 1.29 bits per heavy atom. The zero-order valence-electron chi connectivity index (χ0n) is 15.7. The van der Waals surface area contributed by atoms with Gasteiger partial charge in [0, 0.05) is 5.92 Å². The molecule has 0 spiro atoms. The monoisotopic (exact) mass is 340 g/mol. The van der Waals surface area contributed by atoms with Crippen molar-refractivity contribution >= 4 is 8.07 Å². The van der Waals surface area contributed by atoms with Gasteiger partial charge < -0.3 is 5.11 Å². The highest BCUT2D eigenvalue weighted by atomic mass is 28.3. The smallest absolute Gasteiger partial charge is 0.0637 e. The summed E-state index contributed by atoms with van der Waals surface area (Å²) in [5.74, 6) is 0.438. The van der Waals surface area contributed by atoms with Crippen LogP contribution < -0.4 is 0 Å². The van der Waals surface area contributed by atoms with Crippen LogP contribution in [0.2, 0.25) is 19.6 Å². The van der Waals surface area contributed by atoms with Crippen LogP contribution in [0.1, 0.15) is 42.9 Å². The van der Waals surface area contributed by atoms with Gasteiger partial charge in [-0.2, -0.15) is 0 Å². The van der Waals surface area contributed by atoms with Crippen LogP contribution in [-0.2, 0) is 0 Å². The summed E-state index contributed by atoms with van der Waals surface area (Å²) in [6.07, 6.45) is 0.673. The molecule has 1 N–H and O–H groups in total. The van der Waals surface area contributed by atoms with Crippen molar-refractivity contribution in [2.75, 3.05) is 0 Å². The maximum atomic E-state index is 11.2. The molecule has 1 nitrogen and oxygen atoms in total. The summed E-state index contributed by atoms with van der Waals surface area (Å²) in [6.45, 7) is 11.6. The molecule has 0 saturated heterocycles. The van der Waals surface area contributed by atoms with E-state index in [4.69, 9.17) is 0 Å². The van der Waals surface area contributed by atoms with E-state index in [1.54, 1.807) is 0 Å². The van der Waals surface area contributed by atoms with E-state index in [1.807, 2.05) is 0 Å². The van der Waals surface area contributed by atoms with Crippen LogP contribution in [0, 0.1) is 5.92 Å². The minimum atomic E-state index is -1.55. The molecule has 0 aromatic heterocycles. The summed E-state index contributed by atoms with van der Waals surface area (Å²) in [4.78, 5) is 0. The molecule has 0 fully saturated rings. The molecule has 2 heteroatoms. The maximum absolute atomic E-state index is 11.2. The van der Waals surface area contributed by atoms with Gasteiger partial charge >= 0.3 is 0 Å². The van der Waals surface area contributed by atoms with Crippen LogP contribution in [0.25, 0.3) is 0 Å². The van der Waals surface area contributed by atoms with Gasteiger partial charge in [-0.05, 0) is 22.6 Å². The summed E-state index contributed by atoms with van der Waals surface area (Å²) >= 11 is 0. The van der Waals surface area contributed by atoms with E-state index >= 15 is 0 Å². The van der Waals surface area contributed by atoms with E-state index in [1.165, 1.54) is 11.1 Å². The van der Waals surface area contributed by atoms with Crippen molar-refractivity contribution in [2.24, 2.45) is 5.92 Å². The molecule has 4 atom stereocenters. The quantitative estimate of drug-likeness (QED) is 0.628. The van der Waals surface area contributed by atoms with E-state index in [0.717, 1.165) is 6.42 Å². The van der Waals surface area contributed by atoms with Crippen molar-refractivity contribution in [1.82, 2.24) is 0 Å². The van der Waals surface area contributed by atoms with E-state index in [-0.39, 0.29) is 17.9 Å². The first-order valence-electron chi connectivity index (χ1n) is 9.14. The average molecular weight is 341 g/mol. The average Bonchev–Trinajstić information content (AvgIpc) is 2.58. The fourth-order valence-electron chi connectivity index (χ4n) is 3.76. The second kappa shape index (κ2) is 8.13. The molecule has 4 unspecified atom stereocenters. The molecule has 0 amide bonds. The third-order valence-electron chi connectivity index (χ3n) is 5.23.